The zero-order chi connectivity index (χ0) is 12.5. The normalized spacial score (nSPS) is 57.2. The van der Waals surface area contributed by atoms with Crippen LogP contribution in [-0.4, -0.2) is 35.5 Å². The lowest BCUT2D eigenvalue weighted by Crippen LogP contribution is -2.63. The fraction of sp³-hybridized carbons (Fsp3) is 1.00. The van der Waals surface area contributed by atoms with E-state index in [4.69, 9.17) is 4.74 Å². The maximum atomic E-state index is 10.7. The molecule has 0 aromatic rings. The average molecular weight is 251 g/mol. The Bertz CT molecular complexity index is 364. The van der Waals surface area contributed by atoms with Crippen molar-refractivity contribution in [1.82, 2.24) is 5.32 Å². The molecule has 2 bridgehead atoms. The second kappa shape index (κ2) is 3.50. The van der Waals surface area contributed by atoms with Gasteiger partial charge in [0.2, 0.25) is 0 Å². The quantitative estimate of drug-likeness (QED) is 0.697. The number of ether oxygens (including phenoxy) is 1. The smallest absolute Gasteiger partial charge is 0.123 e. The van der Waals surface area contributed by atoms with E-state index in [0.29, 0.717) is 17.4 Å². The topological polar surface area (TPSA) is 44.8 Å². The number of aliphatic hydroxyl groups excluding tert-OH is 1. The Kier molecular flexibility index (Phi) is 2.27. The van der Waals surface area contributed by atoms with E-state index in [2.05, 4.69) is 19.2 Å². The van der Waals surface area contributed by atoms with Gasteiger partial charge in [0.15, 0.2) is 0 Å². The van der Waals surface area contributed by atoms with Crippen LogP contribution in [0.15, 0.2) is 0 Å². The van der Waals surface area contributed by atoms with Crippen molar-refractivity contribution in [3.8, 4) is 0 Å². The number of epoxide rings is 1. The fourth-order valence-corrected chi connectivity index (χ4v) is 4.95. The first-order valence-corrected chi connectivity index (χ1v) is 7.65. The molecule has 2 aliphatic heterocycles. The average Bonchev–Trinajstić information content (AvgIpc) is 3.08. The number of aliphatic hydroxyl groups is 1. The van der Waals surface area contributed by atoms with Crippen molar-refractivity contribution in [3.05, 3.63) is 0 Å². The van der Waals surface area contributed by atoms with Crippen molar-refractivity contribution >= 4 is 0 Å². The predicted molar refractivity (Wildman–Crippen MR) is 69.2 cm³/mol. The first kappa shape index (κ1) is 11.7. The molecule has 3 heteroatoms. The Labute approximate surface area is 109 Å². The maximum Gasteiger partial charge on any atom is 0.123 e. The first-order chi connectivity index (χ1) is 8.56. The highest BCUT2D eigenvalue weighted by molar-refractivity contribution is 5.23. The third kappa shape index (κ3) is 1.31. The van der Waals surface area contributed by atoms with Gasteiger partial charge in [-0.15, -0.1) is 0 Å². The SMILES string of the molecule is CC1(C)[C@@H]2C[C@H]1[C@H](O)[C@]1(C2)O[C@H]1[C@H]1CCCCN1. The molecule has 102 valence electrons. The van der Waals surface area contributed by atoms with Crippen LogP contribution in [0.3, 0.4) is 0 Å². The summed E-state index contributed by atoms with van der Waals surface area (Å²) in [5.41, 5.74) is 0.166. The standard InChI is InChI=1S/C15H25NO2/c1-14(2)9-7-10(14)12(17)15(8-9)13(18-15)11-5-3-4-6-16-11/h9-13,16-17H,3-8H2,1-2H3/t9-,10+,11-,12+,13+,15+/m1/s1. The summed E-state index contributed by atoms with van der Waals surface area (Å²) in [6.45, 7) is 5.76. The van der Waals surface area contributed by atoms with Crippen LogP contribution in [0.25, 0.3) is 0 Å². The molecule has 3 saturated carbocycles. The molecule has 2 heterocycles. The highest BCUT2D eigenvalue weighted by atomic mass is 16.6. The van der Waals surface area contributed by atoms with Gasteiger partial charge in [0.05, 0.1) is 6.10 Å². The molecule has 1 spiro atoms. The molecule has 2 N–H and O–H groups in total. The van der Waals surface area contributed by atoms with E-state index in [1.807, 2.05) is 0 Å². The van der Waals surface area contributed by atoms with Crippen LogP contribution in [-0.2, 0) is 4.74 Å². The summed E-state index contributed by atoms with van der Waals surface area (Å²) in [7, 11) is 0. The largest absolute Gasteiger partial charge is 0.390 e. The van der Waals surface area contributed by atoms with Gasteiger partial charge in [0, 0.05) is 6.04 Å². The molecule has 6 atom stereocenters. The van der Waals surface area contributed by atoms with E-state index < -0.39 is 0 Å². The Morgan fingerprint density at radius 3 is 2.72 bits per heavy atom. The van der Waals surface area contributed by atoms with E-state index in [0.717, 1.165) is 18.9 Å². The zero-order valence-electron chi connectivity index (χ0n) is 11.5. The molecule has 3 aliphatic carbocycles. The minimum Gasteiger partial charge on any atom is -0.390 e. The van der Waals surface area contributed by atoms with Crippen molar-refractivity contribution < 1.29 is 9.84 Å². The van der Waals surface area contributed by atoms with Gasteiger partial charge in [-0.2, -0.15) is 0 Å². The highest BCUT2D eigenvalue weighted by Gasteiger charge is 2.74. The van der Waals surface area contributed by atoms with E-state index >= 15 is 0 Å². The van der Waals surface area contributed by atoms with Gasteiger partial charge in [-0.05, 0) is 49.5 Å². The second-order valence-electron chi connectivity index (χ2n) is 7.56. The Morgan fingerprint density at radius 2 is 2.11 bits per heavy atom. The van der Waals surface area contributed by atoms with Gasteiger partial charge in [-0.1, -0.05) is 20.3 Å². The Balaban J connectivity index is 1.51. The summed E-state index contributed by atoms with van der Waals surface area (Å²) < 4.78 is 6.08. The number of hydrogen-bond acceptors (Lipinski definition) is 3. The number of rotatable bonds is 1. The van der Waals surface area contributed by atoms with Crippen LogP contribution in [0.5, 0.6) is 0 Å². The van der Waals surface area contributed by atoms with Crippen molar-refractivity contribution in [2.24, 2.45) is 17.3 Å². The lowest BCUT2D eigenvalue weighted by Gasteiger charge is -2.60. The second-order valence-corrected chi connectivity index (χ2v) is 7.56. The lowest BCUT2D eigenvalue weighted by atomic mass is 9.45. The van der Waals surface area contributed by atoms with Crippen LogP contribution in [0.2, 0.25) is 0 Å². The first-order valence-electron chi connectivity index (χ1n) is 7.65. The van der Waals surface area contributed by atoms with Crippen molar-refractivity contribution in [1.29, 1.82) is 0 Å². The number of hydrogen-bond donors (Lipinski definition) is 2. The minimum atomic E-state index is -0.230. The summed E-state index contributed by atoms with van der Waals surface area (Å²) in [5.74, 6) is 1.23. The van der Waals surface area contributed by atoms with Gasteiger partial charge in [-0.3, -0.25) is 0 Å². The van der Waals surface area contributed by atoms with Crippen LogP contribution in [0.1, 0.15) is 46.0 Å². The van der Waals surface area contributed by atoms with Crippen LogP contribution in [0.4, 0.5) is 0 Å². The monoisotopic (exact) mass is 251 g/mol. The molecule has 0 aromatic heterocycles. The minimum absolute atomic E-state index is 0.169. The van der Waals surface area contributed by atoms with E-state index in [1.165, 1.54) is 25.7 Å². The molecular formula is C15H25NO2. The zero-order valence-corrected chi connectivity index (χ0v) is 11.5. The van der Waals surface area contributed by atoms with Gasteiger partial charge in [-0.25, -0.2) is 0 Å². The van der Waals surface area contributed by atoms with Gasteiger partial charge in [0.1, 0.15) is 11.7 Å². The Hall–Kier alpha value is -0.120. The molecule has 5 rings (SSSR count). The fourth-order valence-electron chi connectivity index (χ4n) is 4.95. The third-order valence-electron chi connectivity index (χ3n) is 6.48. The van der Waals surface area contributed by atoms with E-state index in [9.17, 15) is 5.11 Å². The van der Waals surface area contributed by atoms with Gasteiger partial charge < -0.3 is 15.2 Å². The number of piperidine rings is 1. The molecule has 0 unspecified atom stereocenters. The molecule has 0 aromatic carbocycles. The molecule has 5 aliphatic rings. The summed E-state index contributed by atoms with van der Waals surface area (Å²) in [5, 5.41) is 14.3. The Morgan fingerprint density at radius 1 is 1.28 bits per heavy atom. The molecule has 18 heavy (non-hydrogen) atoms. The van der Waals surface area contributed by atoms with Gasteiger partial charge >= 0.3 is 0 Å². The third-order valence-corrected chi connectivity index (χ3v) is 6.48. The van der Waals surface area contributed by atoms with Crippen molar-refractivity contribution in [3.63, 3.8) is 0 Å². The van der Waals surface area contributed by atoms with E-state index in [-0.39, 0.29) is 17.8 Å². The molecule has 0 radical (unpaired) electrons. The lowest BCUT2D eigenvalue weighted by molar-refractivity contribution is -0.177. The van der Waals surface area contributed by atoms with E-state index in [1.54, 1.807) is 0 Å². The molecule has 3 nitrogen and oxygen atoms in total. The maximum absolute atomic E-state index is 10.7. The van der Waals surface area contributed by atoms with Crippen LogP contribution >= 0.6 is 0 Å². The van der Waals surface area contributed by atoms with Crippen LogP contribution < -0.4 is 5.32 Å². The van der Waals surface area contributed by atoms with Gasteiger partial charge in [0.25, 0.3) is 0 Å². The molecule has 2 saturated heterocycles. The van der Waals surface area contributed by atoms with Crippen LogP contribution in [0, 0.1) is 17.3 Å². The summed E-state index contributed by atoms with van der Waals surface area (Å²) in [4.78, 5) is 0. The molecular weight excluding hydrogens is 226 g/mol. The predicted octanol–water partition coefficient (Wildman–Crippen LogP) is 1.69. The highest BCUT2D eigenvalue weighted by Crippen LogP contribution is 2.67. The van der Waals surface area contributed by atoms with Crippen molar-refractivity contribution in [2.75, 3.05) is 6.54 Å². The number of nitrogens with one attached hydrogen (secondary N) is 1. The molecule has 0 amide bonds. The summed E-state index contributed by atoms with van der Waals surface area (Å²) in [6, 6.07) is 0.494. The summed E-state index contributed by atoms with van der Waals surface area (Å²) >= 11 is 0. The van der Waals surface area contributed by atoms with Crippen molar-refractivity contribution in [2.45, 2.75) is 69.8 Å². The summed E-state index contributed by atoms with van der Waals surface area (Å²) in [6.07, 6.45) is 6.17. The molecule has 5 fully saturated rings.